The number of hydrogen-bond acceptors (Lipinski definition) is 4. The summed E-state index contributed by atoms with van der Waals surface area (Å²) >= 11 is 3.23. The molecule has 0 spiro atoms. The normalized spacial score (nSPS) is 10.8. The molecule has 0 aliphatic heterocycles. The summed E-state index contributed by atoms with van der Waals surface area (Å²) < 4.78 is 18.6. The Bertz CT molecular complexity index is 748. The van der Waals surface area contributed by atoms with Crippen LogP contribution < -0.4 is 10.2 Å². The fraction of sp³-hybridized carbons (Fsp3) is 0.176. The van der Waals surface area contributed by atoms with Gasteiger partial charge >= 0.3 is 0 Å². The lowest BCUT2D eigenvalue weighted by molar-refractivity contribution is -0.120. The number of hydrogen-bond donors (Lipinski definition) is 2. The average molecular weight is 395 g/mol. The third-order valence-electron chi connectivity index (χ3n) is 3.03. The molecule has 7 heteroatoms. The van der Waals surface area contributed by atoms with Crippen LogP contribution in [0.5, 0.6) is 11.5 Å². The fourth-order valence-corrected chi connectivity index (χ4v) is 2.40. The van der Waals surface area contributed by atoms with Crippen molar-refractivity contribution in [3.63, 3.8) is 0 Å². The lowest BCUT2D eigenvalue weighted by Gasteiger charge is -2.08. The maximum absolute atomic E-state index is 12.8. The molecule has 2 aromatic rings. The van der Waals surface area contributed by atoms with Gasteiger partial charge in [0.05, 0.1) is 23.7 Å². The van der Waals surface area contributed by atoms with Gasteiger partial charge in [0.2, 0.25) is 5.91 Å². The molecule has 0 aliphatic carbocycles. The van der Waals surface area contributed by atoms with Crippen molar-refractivity contribution in [2.45, 2.75) is 13.3 Å². The Morgan fingerprint density at radius 3 is 2.75 bits per heavy atom. The van der Waals surface area contributed by atoms with Gasteiger partial charge in [0.25, 0.3) is 0 Å². The summed E-state index contributed by atoms with van der Waals surface area (Å²) in [6.07, 6.45) is 1.54. The van der Waals surface area contributed by atoms with Crippen molar-refractivity contribution < 1.29 is 19.0 Å². The Morgan fingerprint density at radius 2 is 2.08 bits per heavy atom. The summed E-state index contributed by atoms with van der Waals surface area (Å²) in [7, 11) is 0. The van der Waals surface area contributed by atoms with Crippen LogP contribution in [0.1, 0.15) is 18.1 Å². The first kappa shape index (κ1) is 17.9. The first-order chi connectivity index (χ1) is 11.5. The molecule has 0 radical (unpaired) electrons. The van der Waals surface area contributed by atoms with Gasteiger partial charge in [-0.15, -0.1) is 0 Å². The summed E-state index contributed by atoms with van der Waals surface area (Å²) in [6, 6.07) is 8.95. The van der Waals surface area contributed by atoms with Gasteiger partial charge in [-0.3, -0.25) is 4.79 Å². The van der Waals surface area contributed by atoms with Crippen LogP contribution >= 0.6 is 15.9 Å². The number of hydrazone groups is 1. The number of phenolic OH excluding ortho intramolecular Hbond substituents is 1. The molecule has 2 aromatic carbocycles. The van der Waals surface area contributed by atoms with E-state index in [0.29, 0.717) is 28.0 Å². The minimum atomic E-state index is -0.347. The number of carbonyl (C=O) groups excluding carboxylic acids is 1. The number of halogens is 2. The molecule has 24 heavy (non-hydrogen) atoms. The van der Waals surface area contributed by atoms with Gasteiger partial charge in [0, 0.05) is 0 Å². The average Bonchev–Trinajstić information content (AvgIpc) is 2.54. The summed E-state index contributed by atoms with van der Waals surface area (Å²) in [5, 5.41) is 13.7. The maximum atomic E-state index is 12.8. The van der Waals surface area contributed by atoms with Gasteiger partial charge < -0.3 is 9.84 Å². The number of amides is 1. The Balaban J connectivity index is 1.98. The predicted octanol–water partition coefficient (Wildman–Crippen LogP) is 3.39. The molecule has 0 fully saturated rings. The largest absolute Gasteiger partial charge is 0.503 e. The second kappa shape index (κ2) is 8.44. The Labute approximate surface area is 147 Å². The molecule has 2 rings (SSSR count). The molecular formula is C17H16BrFN2O3. The molecule has 1 amide bonds. The number of nitrogens with zero attached hydrogens (tertiary/aromatic N) is 1. The number of carbonyl (C=O) groups is 1. The predicted molar refractivity (Wildman–Crippen MR) is 92.8 cm³/mol. The van der Waals surface area contributed by atoms with Crippen molar-refractivity contribution in [3.8, 4) is 11.5 Å². The van der Waals surface area contributed by atoms with Crippen LogP contribution in [-0.2, 0) is 11.2 Å². The smallest absolute Gasteiger partial charge is 0.244 e. The number of rotatable bonds is 6. The third-order valence-corrected chi connectivity index (χ3v) is 3.64. The van der Waals surface area contributed by atoms with Gasteiger partial charge in [-0.05, 0) is 58.2 Å². The van der Waals surface area contributed by atoms with E-state index in [2.05, 4.69) is 26.5 Å². The van der Waals surface area contributed by atoms with Gasteiger partial charge in [0.1, 0.15) is 5.82 Å². The first-order valence-electron chi connectivity index (χ1n) is 7.21. The van der Waals surface area contributed by atoms with E-state index in [1.54, 1.807) is 24.3 Å². The van der Waals surface area contributed by atoms with Crippen LogP contribution in [0.15, 0.2) is 46.0 Å². The molecule has 0 heterocycles. The van der Waals surface area contributed by atoms with Gasteiger partial charge in [-0.1, -0.05) is 12.1 Å². The fourth-order valence-electron chi connectivity index (χ4n) is 1.94. The van der Waals surface area contributed by atoms with E-state index in [-0.39, 0.29) is 23.9 Å². The van der Waals surface area contributed by atoms with Crippen molar-refractivity contribution in [2.75, 3.05) is 6.61 Å². The quantitative estimate of drug-likeness (QED) is 0.582. The summed E-state index contributed by atoms with van der Waals surface area (Å²) in [5.74, 6) is -0.332. The highest BCUT2D eigenvalue weighted by molar-refractivity contribution is 9.10. The molecule has 0 unspecified atom stereocenters. The van der Waals surface area contributed by atoms with E-state index in [0.717, 1.165) is 0 Å². The number of aromatic hydroxyl groups is 1. The summed E-state index contributed by atoms with van der Waals surface area (Å²) in [6.45, 7) is 2.22. The van der Waals surface area contributed by atoms with Gasteiger partial charge in [-0.2, -0.15) is 5.10 Å². The van der Waals surface area contributed by atoms with Crippen LogP contribution in [0, 0.1) is 5.82 Å². The lowest BCUT2D eigenvalue weighted by Crippen LogP contribution is -2.19. The highest BCUT2D eigenvalue weighted by atomic mass is 79.9. The van der Waals surface area contributed by atoms with Crippen LogP contribution in [-0.4, -0.2) is 23.8 Å². The molecule has 0 saturated carbocycles. The van der Waals surface area contributed by atoms with Crippen LogP contribution in [0.2, 0.25) is 0 Å². The molecule has 0 atom stereocenters. The number of phenols is 1. The van der Waals surface area contributed by atoms with Crippen molar-refractivity contribution in [2.24, 2.45) is 5.10 Å². The Morgan fingerprint density at radius 1 is 1.38 bits per heavy atom. The van der Waals surface area contributed by atoms with Crippen molar-refractivity contribution in [1.82, 2.24) is 5.43 Å². The molecule has 5 nitrogen and oxygen atoms in total. The van der Waals surface area contributed by atoms with Crippen LogP contribution in [0.25, 0.3) is 0 Å². The second-order valence-electron chi connectivity index (χ2n) is 4.88. The second-order valence-corrected chi connectivity index (χ2v) is 5.73. The SMILES string of the molecule is CCOc1cc(/C=N\NC(=O)Cc2ccc(F)cc2)cc(Br)c1O. The van der Waals surface area contributed by atoms with Crippen LogP contribution in [0.4, 0.5) is 4.39 Å². The lowest BCUT2D eigenvalue weighted by atomic mass is 10.1. The van der Waals surface area contributed by atoms with Crippen molar-refractivity contribution in [1.29, 1.82) is 0 Å². The molecular weight excluding hydrogens is 379 g/mol. The first-order valence-corrected chi connectivity index (χ1v) is 8.00. The molecule has 0 saturated heterocycles. The standard InChI is InChI=1S/C17H16BrFN2O3/c1-2-24-15-8-12(7-14(18)17(15)23)10-20-21-16(22)9-11-3-5-13(19)6-4-11/h3-8,10,23H,2,9H2,1H3,(H,21,22)/b20-10-. The van der Waals surface area contributed by atoms with Crippen molar-refractivity contribution >= 4 is 28.1 Å². The van der Waals surface area contributed by atoms with E-state index in [1.165, 1.54) is 18.3 Å². The minimum absolute atomic E-state index is 0.00865. The molecule has 0 aliphatic rings. The van der Waals surface area contributed by atoms with Gasteiger partial charge in [-0.25, -0.2) is 9.82 Å². The Kier molecular flexibility index (Phi) is 6.31. The third kappa shape index (κ3) is 5.06. The Hall–Kier alpha value is -2.41. The van der Waals surface area contributed by atoms with Crippen LogP contribution in [0.3, 0.4) is 0 Å². The molecule has 2 N–H and O–H groups in total. The van der Waals surface area contributed by atoms with E-state index < -0.39 is 0 Å². The highest BCUT2D eigenvalue weighted by Gasteiger charge is 2.08. The van der Waals surface area contributed by atoms with E-state index in [1.807, 2.05) is 6.92 Å². The molecule has 126 valence electrons. The van der Waals surface area contributed by atoms with E-state index >= 15 is 0 Å². The monoisotopic (exact) mass is 394 g/mol. The van der Waals surface area contributed by atoms with E-state index in [4.69, 9.17) is 4.74 Å². The molecule has 0 bridgehead atoms. The number of ether oxygens (including phenoxy) is 1. The maximum Gasteiger partial charge on any atom is 0.244 e. The zero-order valence-corrected chi connectivity index (χ0v) is 14.5. The van der Waals surface area contributed by atoms with Gasteiger partial charge in [0.15, 0.2) is 11.5 Å². The highest BCUT2D eigenvalue weighted by Crippen LogP contribution is 2.34. The minimum Gasteiger partial charge on any atom is -0.503 e. The number of benzene rings is 2. The molecule has 0 aromatic heterocycles. The topological polar surface area (TPSA) is 70.9 Å². The van der Waals surface area contributed by atoms with Crippen molar-refractivity contribution in [3.05, 3.63) is 57.8 Å². The number of nitrogens with one attached hydrogen (secondary N) is 1. The van der Waals surface area contributed by atoms with E-state index in [9.17, 15) is 14.3 Å². The summed E-state index contributed by atoms with van der Waals surface area (Å²) in [4.78, 5) is 11.8. The summed E-state index contributed by atoms with van der Waals surface area (Å²) in [5.41, 5.74) is 3.73. The zero-order valence-electron chi connectivity index (χ0n) is 12.9. The zero-order chi connectivity index (χ0) is 17.5.